The molecule has 0 spiro atoms. The van der Waals surface area contributed by atoms with Crippen LogP contribution in [-0.2, 0) is 4.74 Å². The normalized spacial score (nSPS) is 16.8. The molecule has 0 radical (unpaired) electrons. The molecule has 3 nitrogen and oxygen atoms in total. The van der Waals surface area contributed by atoms with Crippen LogP contribution in [0.1, 0.15) is 13.3 Å². The highest BCUT2D eigenvalue weighted by atomic mass is 16.5. The molecule has 10 heavy (non-hydrogen) atoms. The molecule has 0 aliphatic heterocycles. The summed E-state index contributed by atoms with van der Waals surface area (Å²) in [5.74, 6) is 0. The van der Waals surface area contributed by atoms with E-state index in [1.807, 2.05) is 6.92 Å². The lowest BCUT2D eigenvalue weighted by Gasteiger charge is -2.24. The van der Waals surface area contributed by atoms with Gasteiger partial charge in [0.15, 0.2) is 0 Å². The molecule has 0 saturated carbocycles. The molecule has 0 rings (SSSR count). The van der Waals surface area contributed by atoms with E-state index in [0.717, 1.165) is 0 Å². The van der Waals surface area contributed by atoms with Gasteiger partial charge >= 0.3 is 0 Å². The molecule has 3 heteroatoms. The van der Waals surface area contributed by atoms with Crippen molar-refractivity contribution in [3.05, 3.63) is 0 Å². The second-order valence-electron chi connectivity index (χ2n) is 2.88. The van der Waals surface area contributed by atoms with Gasteiger partial charge in [-0.25, -0.2) is 0 Å². The van der Waals surface area contributed by atoms with Crippen LogP contribution in [0.2, 0.25) is 0 Å². The molecular formula is C7H16O3. The second-order valence-corrected chi connectivity index (χ2v) is 2.88. The summed E-state index contributed by atoms with van der Waals surface area (Å²) < 4.78 is 4.88. The zero-order valence-corrected chi connectivity index (χ0v) is 6.63. The molecule has 1 atom stereocenters. The van der Waals surface area contributed by atoms with E-state index in [-0.39, 0.29) is 18.6 Å². The lowest BCUT2D eigenvalue weighted by molar-refractivity contribution is 0.0247. The van der Waals surface area contributed by atoms with Crippen LogP contribution >= 0.6 is 0 Å². The predicted molar refractivity (Wildman–Crippen MR) is 38.8 cm³/mol. The molecule has 0 amide bonds. The maximum absolute atomic E-state index is 8.86. The van der Waals surface area contributed by atoms with Crippen molar-refractivity contribution in [2.24, 2.45) is 5.41 Å². The third-order valence-corrected chi connectivity index (χ3v) is 1.59. The Morgan fingerprint density at radius 2 is 2.00 bits per heavy atom. The van der Waals surface area contributed by atoms with E-state index in [4.69, 9.17) is 14.9 Å². The fraction of sp³-hybridized carbons (Fsp3) is 1.00. The van der Waals surface area contributed by atoms with Gasteiger partial charge in [0.2, 0.25) is 0 Å². The molecule has 62 valence electrons. The summed E-state index contributed by atoms with van der Waals surface area (Å²) in [6, 6.07) is 0. The number of hydrogen-bond acceptors (Lipinski definition) is 3. The van der Waals surface area contributed by atoms with Crippen LogP contribution in [0.3, 0.4) is 0 Å². The van der Waals surface area contributed by atoms with Crippen molar-refractivity contribution in [3.63, 3.8) is 0 Å². The van der Waals surface area contributed by atoms with E-state index in [2.05, 4.69) is 0 Å². The average molecular weight is 148 g/mol. The minimum absolute atomic E-state index is 0.0569. The van der Waals surface area contributed by atoms with Crippen molar-refractivity contribution in [2.45, 2.75) is 13.3 Å². The number of methoxy groups -OCH3 is 1. The lowest BCUT2D eigenvalue weighted by atomic mass is 9.89. The summed E-state index contributed by atoms with van der Waals surface area (Å²) in [7, 11) is 1.59. The number of ether oxygens (including phenoxy) is 1. The van der Waals surface area contributed by atoms with E-state index in [9.17, 15) is 0 Å². The van der Waals surface area contributed by atoms with Crippen LogP contribution in [0.25, 0.3) is 0 Å². The van der Waals surface area contributed by atoms with E-state index < -0.39 is 0 Å². The Bertz CT molecular complexity index is 76.9. The average Bonchev–Trinajstić information content (AvgIpc) is 1.89. The smallest absolute Gasteiger partial charge is 0.0538 e. The highest BCUT2D eigenvalue weighted by molar-refractivity contribution is 4.71. The summed E-state index contributed by atoms with van der Waals surface area (Å²) in [6.07, 6.45) is 0.581. The Kier molecular flexibility index (Phi) is 4.60. The van der Waals surface area contributed by atoms with Crippen LogP contribution < -0.4 is 0 Å². The first-order chi connectivity index (χ1) is 4.68. The van der Waals surface area contributed by atoms with Crippen LogP contribution in [0, 0.1) is 5.41 Å². The maximum atomic E-state index is 8.86. The highest BCUT2D eigenvalue weighted by Crippen LogP contribution is 2.19. The molecule has 0 fully saturated rings. The molecule has 0 aromatic carbocycles. The molecule has 2 N–H and O–H groups in total. The van der Waals surface area contributed by atoms with Gasteiger partial charge < -0.3 is 14.9 Å². The van der Waals surface area contributed by atoms with Gasteiger partial charge in [-0.2, -0.15) is 0 Å². The molecular weight excluding hydrogens is 132 g/mol. The van der Waals surface area contributed by atoms with Crippen molar-refractivity contribution in [1.29, 1.82) is 0 Å². The van der Waals surface area contributed by atoms with Crippen LogP contribution in [-0.4, -0.2) is 37.1 Å². The monoisotopic (exact) mass is 148 g/mol. The Morgan fingerprint density at radius 1 is 1.40 bits per heavy atom. The van der Waals surface area contributed by atoms with Crippen molar-refractivity contribution < 1.29 is 14.9 Å². The Balaban J connectivity index is 3.69. The first-order valence-electron chi connectivity index (χ1n) is 3.39. The number of aliphatic hydroxyl groups excluding tert-OH is 2. The molecule has 0 aromatic rings. The largest absolute Gasteiger partial charge is 0.396 e. The molecule has 1 unspecified atom stereocenters. The van der Waals surface area contributed by atoms with Crippen LogP contribution in [0.5, 0.6) is 0 Å². The van der Waals surface area contributed by atoms with Gasteiger partial charge in [0.25, 0.3) is 0 Å². The maximum Gasteiger partial charge on any atom is 0.0538 e. The van der Waals surface area contributed by atoms with Crippen LogP contribution in [0.15, 0.2) is 0 Å². The zero-order chi connectivity index (χ0) is 8.04. The zero-order valence-electron chi connectivity index (χ0n) is 6.63. The van der Waals surface area contributed by atoms with E-state index in [1.165, 1.54) is 0 Å². The molecule has 0 heterocycles. The van der Waals surface area contributed by atoms with Gasteiger partial charge in [-0.1, -0.05) is 6.92 Å². The quantitative estimate of drug-likeness (QED) is 0.577. The number of aliphatic hydroxyl groups is 2. The van der Waals surface area contributed by atoms with E-state index >= 15 is 0 Å². The highest BCUT2D eigenvalue weighted by Gasteiger charge is 2.22. The Labute approximate surface area is 61.6 Å². The molecule has 0 aliphatic rings. The number of rotatable bonds is 5. The first kappa shape index (κ1) is 9.88. The fourth-order valence-electron chi connectivity index (χ4n) is 0.815. The lowest BCUT2D eigenvalue weighted by Crippen LogP contribution is -2.28. The van der Waals surface area contributed by atoms with Crippen molar-refractivity contribution in [1.82, 2.24) is 0 Å². The van der Waals surface area contributed by atoms with Gasteiger partial charge in [-0.3, -0.25) is 0 Å². The Morgan fingerprint density at radius 3 is 2.30 bits per heavy atom. The minimum Gasteiger partial charge on any atom is -0.396 e. The summed E-state index contributed by atoms with van der Waals surface area (Å²) in [4.78, 5) is 0. The molecule has 0 saturated heterocycles. The van der Waals surface area contributed by atoms with Crippen LogP contribution in [0.4, 0.5) is 0 Å². The van der Waals surface area contributed by atoms with Gasteiger partial charge in [0, 0.05) is 19.1 Å². The summed E-state index contributed by atoms with van der Waals surface area (Å²) in [5, 5.41) is 17.4. The van der Waals surface area contributed by atoms with Gasteiger partial charge in [0.05, 0.1) is 13.2 Å². The minimum atomic E-state index is -0.274. The Hall–Kier alpha value is -0.120. The molecule has 0 aromatic heterocycles. The SMILES string of the molecule is COCC(C)(CO)CCO. The van der Waals surface area contributed by atoms with Gasteiger partial charge in [-0.05, 0) is 6.42 Å². The first-order valence-corrected chi connectivity index (χ1v) is 3.39. The van der Waals surface area contributed by atoms with Crippen molar-refractivity contribution >= 4 is 0 Å². The van der Waals surface area contributed by atoms with E-state index in [0.29, 0.717) is 13.0 Å². The standard InChI is InChI=1S/C7H16O3/c1-7(5-9,3-4-8)6-10-2/h8-9H,3-6H2,1-2H3. The predicted octanol–water partition coefficient (Wildman–Crippen LogP) is 0.0138. The van der Waals surface area contributed by atoms with Gasteiger partial charge in [-0.15, -0.1) is 0 Å². The molecule has 0 bridgehead atoms. The van der Waals surface area contributed by atoms with E-state index in [1.54, 1.807) is 7.11 Å². The fourth-order valence-corrected chi connectivity index (χ4v) is 0.815. The third-order valence-electron chi connectivity index (χ3n) is 1.59. The van der Waals surface area contributed by atoms with Gasteiger partial charge in [0.1, 0.15) is 0 Å². The molecule has 0 aliphatic carbocycles. The third kappa shape index (κ3) is 3.15. The summed E-state index contributed by atoms with van der Waals surface area (Å²) >= 11 is 0. The summed E-state index contributed by atoms with van der Waals surface area (Å²) in [5.41, 5.74) is -0.274. The second kappa shape index (κ2) is 4.66. The summed E-state index contributed by atoms with van der Waals surface area (Å²) in [6.45, 7) is 2.53. The van der Waals surface area contributed by atoms with Crippen molar-refractivity contribution in [2.75, 3.05) is 26.9 Å². The van der Waals surface area contributed by atoms with Crippen molar-refractivity contribution in [3.8, 4) is 0 Å². The topological polar surface area (TPSA) is 49.7 Å². The number of hydrogen-bond donors (Lipinski definition) is 2.